The van der Waals surface area contributed by atoms with E-state index in [1.165, 1.54) is 18.1 Å². The number of hydrogen-bond acceptors (Lipinski definition) is 3. The van der Waals surface area contributed by atoms with E-state index < -0.39 is 5.97 Å². The molecule has 1 N–H and O–H groups in total. The predicted molar refractivity (Wildman–Crippen MR) is 93.6 cm³/mol. The maximum absolute atomic E-state index is 11.5. The third-order valence-electron chi connectivity index (χ3n) is 7.19. The van der Waals surface area contributed by atoms with Crippen molar-refractivity contribution in [2.75, 3.05) is 0 Å². The number of carboxylic acids is 1. The average molecular weight is 342 g/mol. The van der Waals surface area contributed by atoms with E-state index in [2.05, 4.69) is 13.0 Å². The van der Waals surface area contributed by atoms with Crippen molar-refractivity contribution in [3.8, 4) is 0 Å². The lowest BCUT2D eigenvalue weighted by atomic mass is 9.55. The summed E-state index contributed by atoms with van der Waals surface area (Å²) >= 11 is 0. The highest BCUT2D eigenvalue weighted by molar-refractivity contribution is 5.88. The Morgan fingerprint density at radius 3 is 2.72 bits per heavy atom. The second kappa shape index (κ2) is 5.86. The van der Waals surface area contributed by atoms with Crippen LogP contribution in [-0.2, 0) is 16.0 Å². The second-order valence-electron chi connectivity index (χ2n) is 8.35. The van der Waals surface area contributed by atoms with Gasteiger partial charge in [0.05, 0.1) is 5.56 Å². The quantitative estimate of drug-likeness (QED) is 0.819. The first-order valence-corrected chi connectivity index (χ1v) is 9.43. The van der Waals surface area contributed by atoms with Crippen LogP contribution in [-0.4, -0.2) is 23.1 Å². The van der Waals surface area contributed by atoms with Gasteiger partial charge in [-0.3, -0.25) is 4.79 Å². The summed E-state index contributed by atoms with van der Waals surface area (Å²) in [6.45, 7) is 3.83. The van der Waals surface area contributed by atoms with Gasteiger partial charge in [-0.2, -0.15) is 0 Å². The molecule has 0 spiro atoms. The number of rotatable bonds is 2. The molecule has 2 fully saturated rings. The van der Waals surface area contributed by atoms with E-state index in [0.29, 0.717) is 23.3 Å². The van der Waals surface area contributed by atoms with Gasteiger partial charge in [0.15, 0.2) is 0 Å². The standard InChI is InChI=1S/C21H26O4/c1-12(22)25-19-8-7-18-17-6-3-13-11-14(20(23)24)4-5-15(13)16(17)9-10-21(18,19)2/h4-5,11,16-19H,3,6-10H2,1-2H3,(H,23,24)/t16-,17+,18+,19+,21+/m0/s1. The normalized spacial score (nSPS) is 36.1. The van der Waals surface area contributed by atoms with Crippen molar-refractivity contribution in [3.05, 3.63) is 34.9 Å². The first-order chi connectivity index (χ1) is 11.9. The van der Waals surface area contributed by atoms with Crippen molar-refractivity contribution in [2.45, 2.75) is 64.4 Å². The number of ether oxygens (including phenoxy) is 1. The van der Waals surface area contributed by atoms with Gasteiger partial charge in [0.25, 0.3) is 0 Å². The fraction of sp³-hybridized carbons (Fsp3) is 0.619. The molecule has 1 aromatic carbocycles. The molecule has 0 aromatic heterocycles. The molecular weight excluding hydrogens is 316 g/mol. The highest BCUT2D eigenvalue weighted by atomic mass is 16.5. The van der Waals surface area contributed by atoms with E-state index in [4.69, 9.17) is 4.74 Å². The molecule has 2 saturated carbocycles. The van der Waals surface area contributed by atoms with Gasteiger partial charge in [0.2, 0.25) is 0 Å². The summed E-state index contributed by atoms with van der Waals surface area (Å²) < 4.78 is 5.67. The van der Waals surface area contributed by atoms with Crippen LogP contribution in [0.5, 0.6) is 0 Å². The first kappa shape index (κ1) is 16.6. The lowest BCUT2D eigenvalue weighted by molar-refractivity contribution is -0.154. The van der Waals surface area contributed by atoms with Crippen molar-refractivity contribution >= 4 is 11.9 Å². The minimum Gasteiger partial charge on any atom is -0.478 e. The van der Waals surface area contributed by atoms with E-state index >= 15 is 0 Å². The Kier molecular flexibility index (Phi) is 3.89. The molecule has 1 aromatic rings. The van der Waals surface area contributed by atoms with Crippen LogP contribution < -0.4 is 0 Å². The average Bonchev–Trinajstić information content (AvgIpc) is 2.90. The van der Waals surface area contributed by atoms with Gasteiger partial charge in [-0.25, -0.2) is 4.79 Å². The molecule has 0 unspecified atom stereocenters. The van der Waals surface area contributed by atoms with Gasteiger partial charge >= 0.3 is 11.9 Å². The Hall–Kier alpha value is -1.84. The third kappa shape index (κ3) is 2.57. The van der Waals surface area contributed by atoms with Crippen molar-refractivity contribution < 1.29 is 19.4 Å². The summed E-state index contributed by atoms with van der Waals surface area (Å²) in [5.41, 5.74) is 3.08. The molecule has 0 amide bonds. The fourth-order valence-electron chi connectivity index (χ4n) is 6.06. The van der Waals surface area contributed by atoms with E-state index in [0.717, 1.165) is 38.5 Å². The summed E-state index contributed by atoms with van der Waals surface area (Å²) in [4.78, 5) is 22.7. The maximum Gasteiger partial charge on any atom is 0.335 e. The maximum atomic E-state index is 11.5. The molecule has 0 radical (unpaired) electrons. The Morgan fingerprint density at radius 2 is 2.00 bits per heavy atom. The number of hydrogen-bond donors (Lipinski definition) is 1. The summed E-state index contributed by atoms with van der Waals surface area (Å²) in [6.07, 6.45) is 6.45. The van der Waals surface area contributed by atoms with E-state index in [9.17, 15) is 14.7 Å². The molecule has 134 valence electrons. The molecule has 5 atom stereocenters. The van der Waals surface area contributed by atoms with Crippen LogP contribution in [0.1, 0.15) is 73.4 Å². The number of aryl methyl sites for hydroxylation is 1. The molecule has 0 bridgehead atoms. The van der Waals surface area contributed by atoms with Crippen LogP contribution in [0.3, 0.4) is 0 Å². The van der Waals surface area contributed by atoms with Gasteiger partial charge in [-0.15, -0.1) is 0 Å². The topological polar surface area (TPSA) is 63.6 Å². The summed E-state index contributed by atoms with van der Waals surface area (Å²) in [5, 5.41) is 9.24. The molecule has 4 rings (SSSR count). The lowest BCUT2D eigenvalue weighted by Crippen LogP contribution is -2.45. The van der Waals surface area contributed by atoms with Gasteiger partial charge in [-0.05, 0) is 79.5 Å². The molecule has 0 saturated heterocycles. The van der Waals surface area contributed by atoms with E-state index in [1.807, 2.05) is 6.07 Å². The number of carboxylic acid groups (broad SMARTS) is 1. The summed E-state index contributed by atoms with van der Waals surface area (Å²) in [5.74, 6) is 0.747. The van der Waals surface area contributed by atoms with Crippen LogP contribution in [0.4, 0.5) is 0 Å². The Balaban J connectivity index is 1.62. The molecule has 4 heteroatoms. The Labute approximate surface area is 148 Å². The number of carbonyl (C=O) groups excluding carboxylic acids is 1. The van der Waals surface area contributed by atoms with Crippen molar-refractivity contribution in [1.82, 2.24) is 0 Å². The monoisotopic (exact) mass is 342 g/mol. The largest absolute Gasteiger partial charge is 0.478 e. The number of benzene rings is 1. The minimum atomic E-state index is -0.846. The summed E-state index contributed by atoms with van der Waals surface area (Å²) in [7, 11) is 0. The zero-order valence-corrected chi connectivity index (χ0v) is 15.0. The first-order valence-electron chi connectivity index (χ1n) is 9.43. The van der Waals surface area contributed by atoms with E-state index in [-0.39, 0.29) is 17.5 Å². The van der Waals surface area contributed by atoms with Gasteiger partial charge in [0, 0.05) is 12.3 Å². The van der Waals surface area contributed by atoms with Crippen LogP contribution in [0.25, 0.3) is 0 Å². The zero-order valence-electron chi connectivity index (χ0n) is 15.0. The number of fused-ring (bicyclic) bond motifs is 5. The second-order valence-corrected chi connectivity index (χ2v) is 8.35. The smallest absolute Gasteiger partial charge is 0.335 e. The minimum absolute atomic E-state index is 0.0618. The molecule has 25 heavy (non-hydrogen) atoms. The van der Waals surface area contributed by atoms with Gasteiger partial charge < -0.3 is 9.84 Å². The number of aromatic carboxylic acids is 1. The Bertz CT molecular complexity index is 725. The molecule has 4 nitrogen and oxygen atoms in total. The molecule has 3 aliphatic rings. The molecule has 0 heterocycles. The van der Waals surface area contributed by atoms with Crippen LogP contribution in [0, 0.1) is 17.3 Å². The van der Waals surface area contributed by atoms with Crippen LogP contribution in [0.15, 0.2) is 18.2 Å². The lowest BCUT2D eigenvalue weighted by Gasteiger charge is -2.50. The highest BCUT2D eigenvalue weighted by Gasteiger charge is 2.56. The third-order valence-corrected chi connectivity index (χ3v) is 7.19. The van der Waals surface area contributed by atoms with Gasteiger partial charge in [0.1, 0.15) is 6.10 Å². The molecular formula is C21H26O4. The number of carbonyl (C=O) groups is 2. The van der Waals surface area contributed by atoms with E-state index in [1.54, 1.807) is 6.07 Å². The molecule has 0 aliphatic heterocycles. The SMILES string of the molecule is CC(=O)O[C@@H]1CC[C@@H]2[C@@H]3CCc4cc(C(=O)O)ccc4[C@@H]3CC[C@]21C. The summed E-state index contributed by atoms with van der Waals surface area (Å²) in [6, 6.07) is 5.68. The fourth-order valence-corrected chi connectivity index (χ4v) is 6.06. The zero-order chi connectivity index (χ0) is 17.8. The Morgan fingerprint density at radius 1 is 1.20 bits per heavy atom. The van der Waals surface area contributed by atoms with Gasteiger partial charge in [-0.1, -0.05) is 13.0 Å². The van der Waals surface area contributed by atoms with Crippen molar-refractivity contribution in [3.63, 3.8) is 0 Å². The molecule has 3 aliphatic carbocycles. The van der Waals surface area contributed by atoms with Crippen LogP contribution >= 0.6 is 0 Å². The van der Waals surface area contributed by atoms with Crippen molar-refractivity contribution in [2.24, 2.45) is 17.3 Å². The van der Waals surface area contributed by atoms with Crippen molar-refractivity contribution in [1.29, 1.82) is 0 Å². The van der Waals surface area contributed by atoms with Crippen LogP contribution in [0.2, 0.25) is 0 Å². The highest BCUT2D eigenvalue weighted by Crippen LogP contribution is 2.61. The number of esters is 1. The predicted octanol–water partition coefficient (Wildman–Crippen LogP) is 4.17.